The number of nitrogens with zero attached hydrogens (tertiary/aromatic N) is 1. The van der Waals surface area contributed by atoms with Crippen molar-refractivity contribution in [3.05, 3.63) is 30.1 Å². The summed E-state index contributed by atoms with van der Waals surface area (Å²) in [5, 5.41) is 0. The maximum Gasteiger partial charge on any atom is 0.293 e. The van der Waals surface area contributed by atoms with Crippen LogP contribution in [-0.4, -0.2) is 16.4 Å². The highest BCUT2D eigenvalue weighted by Gasteiger charge is 2.11. The summed E-state index contributed by atoms with van der Waals surface area (Å²) in [6.45, 7) is 2.26. The number of H-pyrrole nitrogens is 1. The van der Waals surface area contributed by atoms with E-state index in [4.69, 9.17) is 4.74 Å². The summed E-state index contributed by atoms with van der Waals surface area (Å²) in [5.41, 5.74) is 2.69. The van der Waals surface area contributed by atoms with Gasteiger partial charge in [-0.1, -0.05) is 0 Å². The second kappa shape index (κ2) is 3.49. The summed E-state index contributed by atoms with van der Waals surface area (Å²) < 4.78 is 4.85. The van der Waals surface area contributed by atoms with Gasteiger partial charge in [0.15, 0.2) is 0 Å². The Morgan fingerprint density at radius 2 is 2.50 bits per heavy atom. The number of carbonyl (C=O) groups excluding carboxylic acids is 1. The molecule has 1 N–H and O–H groups in total. The maximum absolute atomic E-state index is 10.2. The highest BCUT2D eigenvalue weighted by molar-refractivity contribution is 5.79. The van der Waals surface area contributed by atoms with Gasteiger partial charge in [-0.25, -0.2) is 0 Å². The molecule has 14 heavy (non-hydrogen) atoms. The van der Waals surface area contributed by atoms with Crippen LogP contribution in [0.2, 0.25) is 0 Å². The topological polar surface area (TPSA) is 55.0 Å². The van der Waals surface area contributed by atoms with E-state index in [0.29, 0.717) is 6.47 Å². The van der Waals surface area contributed by atoms with Gasteiger partial charge in [-0.15, -0.1) is 0 Å². The summed E-state index contributed by atoms with van der Waals surface area (Å²) >= 11 is 0. The fraction of sp³-hybridized carbons (Fsp3) is 0.200. The van der Waals surface area contributed by atoms with Gasteiger partial charge in [-0.3, -0.25) is 9.78 Å². The van der Waals surface area contributed by atoms with Gasteiger partial charge in [0.2, 0.25) is 0 Å². The third-order valence-electron chi connectivity index (χ3n) is 2.16. The molecule has 0 saturated heterocycles. The molecular weight excluding hydrogens is 180 g/mol. The van der Waals surface area contributed by atoms with Crippen molar-refractivity contribution in [1.82, 2.24) is 9.97 Å². The Labute approximate surface area is 80.9 Å². The van der Waals surface area contributed by atoms with Gasteiger partial charge in [-0.05, 0) is 19.1 Å². The van der Waals surface area contributed by atoms with E-state index in [0.717, 1.165) is 16.6 Å². The molecule has 0 aliphatic carbocycles. The Bertz CT molecular complexity index is 450. The zero-order valence-corrected chi connectivity index (χ0v) is 7.73. The molecule has 0 aliphatic rings. The van der Waals surface area contributed by atoms with Gasteiger partial charge < -0.3 is 9.72 Å². The molecule has 72 valence electrons. The normalized spacial score (nSPS) is 12.6. The van der Waals surface area contributed by atoms with Crippen LogP contribution in [0.15, 0.2) is 24.5 Å². The minimum absolute atomic E-state index is 0.267. The number of ether oxygens (including phenoxy) is 1. The highest BCUT2D eigenvalue weighted by atomic mass is 16.5. The van der Waals surface area contributed by atoms with Crippen LogP contribution >= 0.6 is 0 Å². The van der Waals surface area contributed by atoms with Crippen molar-refractivity contribution in [3.63, 3.8) is 0 Å². The Morgan fingerprint density at radius 3 is 3.29 bits per heavy atom. The summed E-state index contributed by atoms with van der Waals surface area (Å²) in [4.78, 5) is 17.5. The molecule has 0 fully saturated rings. The maximum atomic E-state index is 10.2. The number of aromatic amines is 1. The van der Waals surface area contributed by atoms with E-state index in [1.165, 1.54) is 0 Å². The summed E-state index contributed by atoms with van der Waals surface area (Å²) in [6, 6.07) is 3.79. The average Bonchev–Trinajstić information content (AvgIpc) is 2.61. The van der Waals surface area contributed by atoms with Crippen molar-refractivity contribution in [2.45, 2.75) is 13.0 Å². The largest absolute Gasteiger partial charge is 0.460 e. The van der Waals surface area contributed by atoms with E-state index in [2.05, 4.69) is 9.97 Å². The second-order valence-corrected chi connectivity index (χ2v) is 3.02. The third kappa shape index (κ3) is 1.35. The van der Waals surface area contributed by atoms with Crippen LogP contribution in [0.5, 0.6) is 0 Å². The van der Waals surface area contributed by atoms with E-state index < -0.39 is 0 Å². The number of hydrogen-bond acceptors (Lipinski definition) is 3. The summed E-state index contributed by atoms with van der Waals surface area (Å²) in [5.74, 6) is 0. The smallest absolute Gasteiger partial charge is 0.293 e. The van der Waals surface area contributed by atoms with Crippen molar-refractivity contribution in [1.29, 1.82) is 0 Å². The average molecular weight is 190 g/mol. The van der Waals surface area contributed by atoms with Gasteiger partial charge in [0.25, 0.3) is 6.47 Å². The van der Waals surface area contributed by atoms with Gasteiger partial charge in [0.05, 0.1) is 11.0 Å². The van der Waals surface area contributed by atoms with Crippen molar-refractivity contribution < 1.29 is 9.53 Å². The fourth-order valence-electron chi connectivity index (χ4n) is 1.44. The van der Waals surface area contributed by atoms with Crippen LogP contribution in [0.25, 0.3) is 11.0 Å². The lowest BCUT2D eigenvalue weighted by Crippen LogP contribution is -1.97. The van der Waals surface area contributed by atoms with Crippen LogP contribution in [0.4, 0.5) is 0 Å². The number of hydrogen-bond donors (Lipinski definition) is 1. The van der Waals surface area contributed by atoms with E-state index >= 15 is 0 Å². The quantitative estimate of drug-likeness (QED) is 0.751. The summed E-state index contributed by atoms with van der Waals surface area (Å²) in [7, 11) is 0. The number of fused-ring (bicyclic) bond motifs is 1. The van der Waals surface area contributed by atoms with E-state index in [-0.39, 0.29) is 6.10 Å². The highest BCUT2D eigenvalue weighted by Crippen LogP contribution is 2.23. The number of nitrogens with one attached hydrogen (secondary N) is 1. The Kier molecular flexibility index (Phi) is 2.18. The number of carbonyl (C=O) groups is 1. The second-order valence-electron chi connectivity index (χ2n) is 3.02. The molecule has 0 saturated carbocycles. The molecule has 4 nitrogen and oxygen atoms in total. The van der Waals surface area contributed by atoms with E-state index in [1.54, 1.807) is 6.20 Å². The van der Waals surface area contributed by atoms with Crippen LogP contribution in [0.3, 0.4) is 0 Å². The minimum Gasteiger partial charge on any atom is -0.460 e. The zero-order valence-electron chi connectivity index (χ0n) is 7.73. The van der Waals surface area contributed by atoms with E-state index in [9.17, 15) is 4.79 Å². The Hall–Kier alpha value is -1.84. The molecule has 1 atom stereocenters. The van der Waals surface area contributed by atoms with Gasteiger partial charge in [-0.2, -0.15) is 0 Å². The molecule has 0 bridgehead atoms. The standard InChI is InChI=1S/C10H10N2O2/c1-7(14-6-13)8-5-12-9-3-2-4-11-10(8)9/h2-7,12H,1H3. The lowest BCUT2D eigenvalue weighted by atomic mass is 10.2. The first-order chi connectivity index (χ1) is 6.83. The Balaban J connectivity index is 2.47. The predicted octanol–water partition coefficient (Wildman–Crippen LogP) is 1.80. The zero-order chi connectivity index (χ0) is 9.97. The first-order valence-corrected chi connectivity index (χ1v) is 4.34. The van der Waals surface area contributed by atoms with E-state index in [1.807, 2.05) is 25.3 Å². The molecule has 2 rings (SSSR count). The lowest BCUT2D eigenvalue weighted by Gasteiger charge is -2.06. The molecule has 0 radical (unpaired) electrons. The van der Waals surface area contributed by atoms with Crippen molar-refractivity contribution in [2.75, 3.05) is 0 Å². The molecule has 0 aliphatic heterocycles. The summed E-state index contributed by atoms with van der Waals surface area (Å²) in [6.07, 6.45) is 3.26. The molecule has 0 amide bonds. The third-order valence-corrected chi connectivity index (χ3v) is 2.16. The van der Waals surface area contributed by atoms with Crippen molar-refractivity contribution in [2.24, 2.45) is 0 Å². The van der Waals surface area contributed by atoms with Gasteiger partial charge in [0.1, 0.15) is 6.10 Å². The molecular formula is C10H10N2O2. The molecule has 4 heteroatoms. The minimum atomic E-state index is -0.267. The first kappa shape index (κ1) is 8.74. The van der Waals surface area contributed by atoms with Crippen LogP contribution in [0, 0.1) is 0 Å². The number of aromatic nitrogens is 2. The van der Waals surface area contributed by atoms with Crippen LogP contribution in [-0.2, 0) is 9.53 Å². The van der Waals surface area contributed by atoms with Crippen LogP contribution < -0.4 is 0 Å². The lowest BCUT2D eigenvalue weighted by molar-refractivity contribution is -0.133. The molecule has 0 aromatic carbocycles. The molecule has 2 aromatic rings. The SMILES string of the molecule is CC(OC=O)c1c[nH]c2cccnc12. The molecule has 1 unspecified atom stereocenters. The van der Waals surface area contributed by atoms with Crippen molar-refractivity contribution in [3.8, 4) is 0 Å². The van der Waals surface area contributed by atoms with Crippen molar-refractivity contribution >= 4 is 17.5 Å². The molecule has 2 aromatic heterocycles. The molecule has 0 spiro atoms. The fourth-order valence-corrected chi connectivity index (χ4v) is 1.44. The predicted molar refractivity (Wildman–Crippen MR) is 51.7 cm³/mol. The number of rotatable bonds is 3. The first-order valence-electron chi connectivity index (χ1n) is 4.34. The monoisotopic (exact) mass is 190 g/mol. The molecule has 2 heterocycles. The van der Waals surface area contributed by atoms with Crippen LogP contribution in [0.1, 0.15) is 18.6 Å². The van der Waals surface area contributed by atoms with Gasteiger partial charge >= 0.3 is 0 Å². The van der Waals surface area contributed by atoms with Gasteiger partial charge in [0, 0.05) is 18.0 Å². The number of pyridine rings is 1. The Morgan fingerprint density at radius 1 is 1.64 bits per heavy atom.